The van der Waals surface area contributed by atoms with Crippen molar-refractivity contribution in [3.63, 3.8) is 0 Å². The number of allylic oxidation sites excluding steroid dienone is 2. The SMILES string of the molecule is Cn1nc2c(c1-c1ccccc1)CCC1C(Cc3ccccc3)(Cc3ccccc3)C(=O)C=CC21C. The maximum Gasteiger partial charge on any atom is 0.162 e. The number of fused-ring (bicyclic) bond motifs is 3. The predicted octanol–water partition coefficient (Wildman–Crippen LogP) is 6.52. The number of carbonyl (C=O) groups excluding carboxylic acids is 1. The van der Waals surface area contributed by atoms with Gasteiger partial charge >= 0.3 is 0 Å². The number of benzene rings is 3. The molecular formula is C33H32N2O. The predicted molar refractivity (Wildman–Crippen MR) is 145 cm³/mol. The molecule has 1 aromatic heterocycles. The van der Waals surface area contributed by atoms with Crippen molar-refractivity contribution >= 4 is 5.78 Å². The summed E-state index contributed by atoms with van der Waals surface area (Å²) in [5.74, 6) is 0.411. The molecule has 0 fully saturated rings. The number of carbonyl (C=O) groups is 1. The van der Waals surface area contributed by atoms with Crippen LogP contribution in [0.15, 0.2) is 103 Å². The summed E-state index contributed by atoms with van der Waals surface area (Å²) in [6.45, 7) is 2.31. The quantitative estimate of drug-likeness (QED) is 0.331. The number of hydrogen-bond acceptors (Lipinski definition) is 2. The summed E-state index contributed by atoms with van der Waals surface area (Å²) >= 11 is 0. The average molecular weight is 473 g/mol. The van der Waals surface area contributed by atoms with Gasteiger partial charge in [-0.15, -0.1) is 0 Å². The van der Waals surface area contributed by atoms with E-state index in [2.05, 4.69) is 98.9 Å². The van der Waals surface area contributed by atoms with Crippen molar-refractivity contribution in [2.24, 2.45) is 18.4 Å². The van der Waals surface area contributed by atoms with Crippen LogP contribution in [0.1, 0.15) is 35.7 Å². The van der Waals surface area contributed by atoms with E-state index in [1.165, 1.54) is 27.9 Å². The van der Waals surface area contributed by atoms with Crippen LogP contribution in [0.3, 0.4) is 0 Å². The molecule has 180 valence electrons. The van der Waals surface area contributed by atoms with Gasteiger partial charge in [-0.3, -0.25) is 9.48 Å². The molecule has 0 saturated carbocycles. The molecule has 0 bridgehead atoms. The number of ketones is 1. The summed E-state index contributed by atoms with van der Waals surface area (Å²) < 4.78 is 2.05. The third-order valence-corrected chi connectivity index (χ3v) is 8.57. The lowest BCUT2D eigenvalue weighted by molar-refractivity contribution is -0.130. The van der Waals surface area contributed by atoms with Crippen LogP contribution in [-0.4, -0.2) is 15.6 Å². The maximum absolute atomic E-state index is 14.0. The Bertz CT molecular complexity index is 1380. The molecule has 4 aromatic rings. The van der Waals surface area contributed by atoms with E-state index in [0.29, 0.717) is 0 Å². The Labute approximate surface area is 213 Å². The summed E-state index contributed by atoms with van der Waals surface area (Å²) in [5, 5.41) is 5.14. The summed E-state index contributed by atoms with van der Waals surface area (Å²) in [5.41, 5.74) is 6.47. The molecule has 0 spiro atoms. The minimum atomic E-state index is -0.520. The van der Waals surface area contributed by atoms with Crippen molar-refractivity contribution in [3.8, 4) is 11.3 Å². The second kappa shape index (κ2) is 8.74. The highest BCUT2D eigenvalue weighted by Crippen LogP contribution is 2.56. The molecule has 0 radical (unpaired) electrons. The van der Waals surface area contributed by atoms with Crippen LogP contribution in [-0.2, 0) is 36.5 Å². The van der Waals surface area contributed by atoms with E-state index >= 15 is 0 Å². The first-order valence-electron chi connectivity index (χ1n) is 12.9. The van der Waals surface area contributed by atoms with Gasteiger partial charge < -0.3 is 0 Å². The van der Waals surface area contributed by atoms with Crippen molar-refractivity contribution in [1.82, 2.24) is 9.78 Å². The van der Waals surface area contributed by atoms with Gasteiger partial charge in [-0.25, -0.2) is 0 Å². The third kappa shape index (κ3) is 3.57. The van der Waals surface area contributed by atoms with Crippen molar-refractivity contribution in [2.45, 2.75) is 38.0 Å². The first kappa shape index (κ1) is 22.7. The monoisotopic (exact) mass is 472 g/mol. The summed E-state index contributed by atoms with van der Waals surface area (Å²) in [6, 6.07) is 31.6. The smallest absolute Gasteiger partial charge is 0.162 e. The largest absolute Gasteiger partial charge is 0.294 e. The second-order valence-electron chi connectivity index (χ2n) is 10.7. The fourth-order valence-electron chi connectivity index (χ4n) is 6.98. The average Bonchev–Trinajstić information content (AvgIpc) is 3.25. The van der Waals surface area contributed by atoms with Gasteiger partial charge in [0.25, 0.3) is 0 Å². The van der Waals surface area contributed by atoms with E-state index in [1.807, 2.05) is 22.9 Å². The molecule has 3 nitrogen and oxygen atoms in total. The number of nitrogens with zero attached hydrogens (tertiary/aromatic N) is 2. The molecule has 3 heteroatoms. The number of hydrogen-bond donors (Lipinski definition) is 0. The Kier molecular flexibility index (Phi) is 5.52. The highest BCUT2D eigenvalue weighted by molar-refractivity contribution is 5.97. The summed E-state index contributed by atoms with van der Waals surface area (Å²) in [6.07, 6.45) is 7.40. The van der Waals surface area contributed by atoms with Crippen molar-refractivity contribution in [1.29, 1.82) is 0 Å². The molecule has 1 heterocycles. The molecule has 0 N–H and O–H groups in total. The molecule has 0 aliphatic heterocycles. The van der Waals surface area contributed by atoms with Crippen LogP contribution in [0, 0.1) is 11.3 Å². The molecule has 2 unspecified atom stereocenters. The third-order valence-electron chi connectivity index (χ3n) is 8.57. The van der Waals surface area contributed by atoms with Crippen LogP contribution in [0.4, 0.5) is 0 Å². The van der Waals surface area contributed by atoms with Gasteiger partial charge in [0, 0.05) is 29.0 Å². The Morgan fingerprint density at radius 1 is 0.861 bits per heavy atom. The second-order valence-corrected chi connectivity index (χ2v) is 10.7. The van der Waals surface area contributed by atoms with Gasteiger partial charge in [0.1, 0.15) is 0 Å². The highest BCUT2D eigenvalue weighted by atomic mass is 16.1. The van der Waals surface area contributed by atoms with Gasteiger partial charge in [0.05, 0.1) is 11.4 Å². The number of aryl methyl sites for hydroxylation is 1. The van der Waals surface area contributed by atoms with Crippen molar-refractivity contribution in [3.05, 3.63) is 126 Å². The Morgan fingerprint density at radius 2 is 1.42 bits per heavy atom. The molecule has 6 rings (SSSR count). The lowest BCUT2D eigenvalue weighted by atomic mass is 9.49. The first-order valence-corrected chi connectivity index (χ1v) is 12.9. The Morgan fingerprint density at radius 3 is 2.00 bits per heavy atom. The minimum absolute atomic E-state index is 0.161. The van der Waals surface area contributed by atoms with E-state index in [9.17, 15) is 4.79 Å². The van der Waals surface area contributed by atoms with Gasteiger partial charge in [0.15, 0.2) is 5.78 Å². The Hall–Kier alpha value is -3.72. The fourth-order valence-corrected chi connectivity index (χ4v) is 6.98. The van der Waals surface area contributed by atoms with E-state index in [4.69, 9.17) is 5.10 Å². The topological polar surface area (TPSA) is 34.9 Å². The maximum atomic E-state index is 14.0. The van der Waals surface area contributed by atoms with Gasteiger partial charge in [-0.2, -0.15) is 5.10 Å². The van der Waals surface area contributed by atoms with Crippen LogP contribution < -0.4 is 0 Å². The van der Waals surface area contributed by atoms with Gasteiger partial charge in [0.2, 0.25) is 0 Å². The molecule has 0 saturated heterocycles. The van der Waals surface area contributed by atoms with Crippen LogP contribution >= 0.6 is 0 Å². The van der Waals surface area contributed by atoms with E-state index in [1.54, 1.807) is 0 Å². The lowest BCUT2D eigenvalue weighted by Crippen LogP contribution is -2.54. The normalized spacial score (nSPS) is 22.2. The summed E-state index contributed by atoms with van der Waals surface area (Å²) in [4.78, 5) is 14.0. The molecule has 2 aliphatic rings. The van der Waals surface area contributed by atoms with Crippen molar-refractivity contribution < 1.29 is 4.79 Å². The van der Waals surface area contributed by atoms with Gasteiger partial charge in [-0.1, -0.05) is 104 Å². The van der Waals surface area contributed by atoms with Crippen LogP contribution in [0.2, 0.25) is 0 Å². The van der Waals surface area contributed by atoms with Gasteiger partial charge in [-0.05, 0) is 48.8 Å². The Balaban J connectivity index is 1.51. The minimum Gasteiger partial charge on any atom is -0.294 e. The summed E-state index contributed by atoms with van der Waals surface area (Å²) in [7, 11) is 2.05. The van der Waals surface area contributed by atoms with Crippen molar-refractivity contribution in [2.75, 3.05) is 0 Å². The molecule has 2 atom stereocenters. The highest BCUT2D eigenvalue weighted by Gasteiger charge is 2.57. The molecule has 3 aromatic carbocycles. The zero-order valence-electron chi connectivity index (χ0n) is 21.0. The molecule has 36 heavy (non-hydrogen) atoms. The van der Waals surface area contributed by atoms with E-state index in [0.717, 1.165) is 31.4 Å². The van der Waals surface area contributed by atoms with Crippen LogP contribution in [0.25, 0.3) is 11.3 Å². The van der Waals surface area contributed by atoms with E-state index in [-0.39, 0.29) is 17.1 Å². The van der Waals surface area contributed by atoms with E-state index < -0.39 is 5.41 Å². The fraction of sp³-hybridized carbons (Fsp3) is 0.273. The van der Waals surface area contributed by atoms with Crippen LogP contribution in [0.5, 0.6) is 0 Å². The standard InChI is InChI=1S/C33H32N2O/c1-32-21-20-29(36)33(22-24-12-6-3-7-13-24,23-25-14-8-4-9-15-25)28(32)19-18-27-30(35(2)34-31(27)32)26-16-10-5-11-17-26/h3-17,20-21,28H,18-19,22-23H2,1-2H3. The lowest BCUT2D eigenvalue weighted by Gasteiger charge is -2.52. The first-order chi connectivity index (χ1) is 17.5. The molecular weight excluding hydrogens is 440 g/mol. The number of rotatable bonds is 5. The molecule has 0 amide bonds. The zero-order chi connectivity index (χ0) is 24.8. The zero-order valence-corrected chi connectivity index (χ0v) is 21.0. The molecule has 2 aliphatic carbocycles. The number of aromatic nitrogens is 2.